The van der Waals surface area contributed by atoms with E-state index in [2.05, 4.69) is 11.7 Å². The molecule has 132 valence electrons. The third-order valence-corrected chi connectivity index (χ3v) is 3.28. The zero-order valence-corrected chi connectivity index (χ0v) is 14.2. The van der Waals surface area contributed by atoms with Crippen LogP contribution < -0.4 is 14.2 Å². The number of benzene rings is 2. The van der Waals surface area contributed by atoms with Gasteiger partial charge < -0.3 is 18.9 Å². The molecule has 6 nitrogen and oxygen atoms in total. The molecule has 6 heteroatoms. The Morgan fingerprint density at radius 3 is 2.28 bits per heavy atom. The number of para-hydroxylation sites is 1. The minimum Gasteiger partial charge on any atom is -0.494 e. The number of methoxy groups -OCH3 is 1. The normalized spacial score (nSPS) is 10.0. The van der Waals surface area contributed by atoms with Crippen molar-refractivity contribution in [3.8, 4) is 17.2 Å². The fourth-order valence-electron chi connectivity index (χ4n) is 1.98. The maximum atomic E-state index is 11.9. The molecule has 2 rings (SSSR count). The second kappa shape index (κ2) is 9.32. The molecular formula is C19H20O6. The first-order valence-corrected chi connectivity index (χ1v) is 7.94. The van der Waals surface area contributed by atoms with Gasteiger partial charge in [0.15, 0.2) is 0 Å². The summed E-state index contributed by atoms with van der Waals surface area (Å²) in [5.74, 6) is 0.476. The minimum absolute atomic E-state index is 0.0684. The average Bonchev–Trinajstić information content (AvgIpc) is 2.63. The summed E-state index contributed by atoms with van der Waals surface area (Å²) < 4.78 is 20.4. The number of hydrogen-bond acceptors (Lipinski definition) is 6. The van der Waals surface area contributed by atoms with Crippen LogP contribution in [-0.4, -0.2) is 25.8 Å². The van der Waals surface area contributed by atoms with Crippen molar-refractivity contribution >= 4 is 12.1 Å². The fourth-order valence-corrected chi connectivity index (χ4v) is 1.98. The van der Waals surface area contributed by atoms with Crippen molar-refractivity contribution < 1.29 is 28.5 Å². The van der Waals surface area contributed by atoms with Crippen molar-refractivity contribution in [2.75, 3.05) is 13.7 Å². The molecule has 2 aromatic carbocycles. The lowest BCUT2D eigenvalue weighted by molar-refractivity contribution is 0.0597. The molecule has 0 spiro atoms. The maximum Gasteiger partial charge on any atom is 0.519 e. The Balaban J connectivity index is 1.95. The Bertz CT molecular complexity index is 708. The summed E-state index contributed by atoms with van der Waals surface area (Å²) in [6.07, 6.45) is 1.08. The predicted octanol–water partition coefficient (Wildman–Crippen LogP) is 4.23. The first-order valence-electron chi connectivity index (χ1n) is 7.94. The molecule has 0 N–H and O–H groups in total. The van der Waals surface area contributed by atoms with E-state index in [1.807, 2.05) is 0 Å². The van der Waals surface area contributed by atoms with Gasteiger partial charge in [-0.3, -0.25) is 0 Å². The number of carbonyl (C=O) groups excluding carboxylic acids is 2. The largest absolute Gasteiger partial charge is 0.519 e. The van der Waals surface area contributed by atoms with Gasteiger partial charge in [-0.1, -0.05) is 25.5 Å². The summed E-state index contributed by atoms with van der Waals surface area (Å²) in [6.45, 7) is 2.73. The van der Waals surface area contributed by atoms with E-state index in [1.165, 1.54) is 19.2 Å². The number of hydrogen-bond donors (Lipinski definition) is 0. The highest BCUT2D eigenvalue weighted by atomic mass is 16.7. The van der Waals surface area contributed by atoms with Crippen LogP contribution in [0.3, 0.4) is 0 Å². The second-order valence-electron chi connectivity index (χ2n) is 5.12. The monoisotopic (exact) mass is 344 g/mol. The SMILES string of the molecule is CCCCOc1ccc(OC(=O)Oc2ccccc2C(=O)OC)cc1. The van der Waals surface area contributed by atoms with Crippen LogP contribution in [0.1, 0.15) is 30.1 Å². The Morgan fingerprint density at radius 1 is 0.920 bits per heavy atom. The Labute approximate surface area is 146 Å². The van der Waals surface area contributed by atoms with E-state index >= 15 is 0 Å². The van der Waals surface area contributed by atoms with Gasteiger partial charge in [0.25, 0.3) is 0 Å². The van der Waals surface area contributed by atoms with Gasteiger partial charge in [-0.25, -0.2) is 9.59 Å². The number of ether oxygens (including phenoxy) is 4. The van der Waals surface area contributed by atoms with E-state index in [4.69, 9.17) is 14.2 Å². The highest BCUT2D eigenvalue weighted by Crippen LogP contribution is 2.21. The van der Waals surface area contributed by atoms with Gasteiger partial charge in [-0.2, -0.15) is 0 Å². The molecule has 2 aromatic rings. The highest BCUT2D eigenvalue weighted by Gasteiger charge is 2.16. The standard InChI is InChI=1S/C19H20O6/c1-3-4-13-23-14-9-11-15(12-10-14)24-19(21)25-17-8-6-5-7-16(17)18(20)22-2/h5-12H,3-4,13H2,1-2H3. The van der Waals surface area contributed by atoms with Crippen molar-refractivity contribution in [1.29, 1.82) is 0 Å². The topological polar surface area (TPSA) is 71.1 Å². The molecule has 0 aromatic heterocycles. The van der Waals surface area contributed by atoms with Crippen LogP contribution in [0.5, 0.6) is 17.2 Å². The van der Waals surface area contributed by atoms with Crippen LogP contribution >= 0.6 is 0 Å². The van der Waals surface area contributed by atoms with Crippen LogP contribution in [-0.2, 0) is 4.74 Å². The summed E-state index contributed by atoms with van der Waals surface area (Å²) in [5, 5.41) is 0. The molecule has 0 aliphatic carbocycles. The first-order chi connectivity index (χ1) is 12.1. The van der Waals surface area contributed by atoms with Gasteiger partial charge in [0.2, 0.25) is 0 Å². The van der Waals surface area contributed by atoms with E-state index in [9.17, 15) is 9.59 Å². The van der Waals surface area contributed by atoms with Crippen molar-refractivity contribution in [2.45, 2.75) is 19.8 Å². The number of carbonyl (C=O) groups is 2. The number of rotatable bonds is 7. The molecule has 0 saturated carbocycles. The van der Waals surface area contributed by atoms with Crippen LogP contribution in [0.4, 0.5) is 4.79 Å². The second-order valence-corrected chi connectivity index (χ2v) is 5.12. The van der Waals surface area contributed by atoms with E-state index in [-0.39, 0.29) is 11.3 Å². The minimum atomic E-state index is -0.948. The first kappa shape index (κ1) is 18.3. The molecule has 0 radical (unpaired) electrons. The van der Waals surface area contributed by atoms with Crippen LogP contribution in [0.15, 0.2) is 48.5 Å². The molecular weight excluding hydrogens is 324 g/mol. The maximum absolute atomic E-state index is 11.9. The quantitative estimate of drug-likeness (QED) is 0.425. The third kappa shape index (κ3) is 5.53. The Morgan fingerprint density at radius 2 is 1.60 bits per heavy atom. The lowest BCUT2D eigenvalue weighted by atomic mass is 10.2. The van der Waals surface area contributed by atoms with Crippen LogP contribution in [0.25, 0.3) is 0 Å². The van der Waals surface area contributed by atoms with Crippen molar-refractivity contribution in [1.82, 2.24) is 0 Å². The van der Waals surface area contributed by atoms with Crippen molar-refractivity contribution in [3.05, 3.63) is 54.1 Å². The Kier molecular flexibility index (Phi) is 6.83. The van der Waals surface area contributed by atoms with Crippen LogP contribution in [0.2, 0.25) is 0 Å². The van der Waals surface area contributed by atoms with Gasteiger partial charge in [0.1, 0.15) is 22.8 Å². The Hall–Kier alpha value is -3.02. The van der Waals surface area contributed by atoms with Gasteiger partial charge in [-0.05, 0) is 42.8 Å². The summed E-state index contributed by atoms with van der Waals surface area (Å²) in [4.78, 5) is 23.6. The van der Waals surface area contributed by atoms with Gasteiger partial charge >= 0.3 is 12.1 Å². The van der Waals surface area contributed by atoms with E-state index in [0.717, 1.165) is 12.8 Å². The highest BCUT2D eigenvalue weighted by molar-refractivity contribution is 5.93. The van der Waals surface area contributed by atoms with Crippen molar-refractivity contribution in [2.24, 2.45) is 0 Å². The number of unbranched alkanes of at least 4 members (excludes halogenated alkanes) is 1. The molecule has 0 aliphatic rings. The van der Waals surface area contributed by atoms with Crippen LogP contribution in [0, 0.1) is 0 Å². The van der Waals surface area contributed by atoms with Crippen molar-refractivity contribution in [3.63, 3.8) is 0 Å². The molecule has 0 fully saturated rings. The zero-order chi connectivity index (χ0) is 18.1. The number of esters is 1. The molecule has 25 heavy (non-hydrogen) atoms. The van der Waals surface area contributed by atoms with E-state index < -0.39 is 12.1 Å². The molecule has 0 amide bonds. The van der Waals surface area contributed by atoms with E-state index in [1.54, 1.807) is 36.4 Å². The zero-order valence-electron chi connectivity index (χ0n) is 14.2. The smallest absolute Gasteiger partial charge is 0.494 e. The van der Waals surface area contributed by atoms with Gasteiger partial charge in [-0.15, -0.1) is 0 Å². The summed E-state index contributed by atoms with van der Waals surface area (Å²) in [7, 11) is 1.25. The van der Waals surface area contributed by atoms with Gasteiger partial charge in [0, 0.05) is 0 Å². The summed E-state index contributed by atoms with van der Waals surface area (Å²) >= 11 is 0. The predicted molar refractivity (Wildman–Crippen MR) is 91.3 cm³/mol. The molecule has 0 heterocycles. The molecule has 0 saturated heterocycles. The summed E-state index contributed by atoms with van der Waals surface area (Å²) in [5.41, 5.74) is 0.140. The molecule has 0 unspecified atom stereocenters. The molecule has 0 atom stereocenters. The average molecular weight is 344 g/mol. The summed E-state index contributed by atoms with van der Waals surface area (Å²) in [6, 6.07) is 12.9. The van der Waals surface area contributed by atoms with Gasteiger partial charge in [0.05, 0.1) is 13.7 Å². The fraction of sp³-hybridized carbons (Fsp3) is 0.263. The molecule has 0 aliphatic heterocycles. The molecule has 0 bridgehead atoms. The van der Waals surface area contributed by atoms with E-state index in [0.29, 0.717) is 18.1 Å². The lowest BCUT2D eigenvalue weighted by Gasteiger charge is -2.09. The third-order valence-electron chi connectivity index (χ3n) is 3.28. The lowest BCUT2D eigenvalue weighted by Crippen LogP contribution is -2.16.